The number of furan rings is 1. The predicted octanol–water partition coefficient (Wildman–Crippen LogP) is 3.61. The summed E-state index contributed by atoms with van der Waals surface area (Å²) in [5, 5.41) is 0. The van der Waals surface area contributed by atoms with Crippen molar-refractivity contribution in [2.24, 2.45) is 0 Å². The first kappa shape index (κ1) is 14.8. The van der Waals surface area contributed by atoms with E-state index in [0.717, 1.165) is 10.0 Å². The van der Waals surface area contributed by atoms with Gasteiger partial charge in [0.05, 0.1) is 17.3 Å². The van der Waals surface area contributed by atoms with E-state index in [-0.39, 0.29) is 5.78 Å². The minimum absolute atomic E-state index is 0.142. The Morgan fingerprint density at radius 2 is 2.10 bits per heavy atom. The molecule has 0 aliphatic heterocycles. The standard InChI is InChI=1S/C15H15BrO4/c1-10-5-6-20-15(10)14(17)11-3-4-13(12(16)9-11)19-8-7-18-2/h3-6,9H,7-8H2,1-2H3. The van der Waals surface area contributed by atoms with Gasteiger partial charge in [-0.25, -0.2) is 0 Å². The fraction of sp³-hybridized carbons (Fsp3) is 0.267. The first-order valence-electron chi connectivity index (χ1n) is 6.13. The van der Waals surface area contributed by atoms with E-state index in [1.54, 1.807) is 31.4 Å². The van der Waals surface area contributed by atoms with Crippen molar-refractivity contribution in [2.75, 3.05) is 20.3 Å². The molecule has 0 bridgehead atoms. The lowest BCUT2D eigenvalue weighted by Gasteiger charge is -2.08. The lowest BCUT2D eigenvalue weighted by molar-refractivity contribution is 0.101. The first-order valence-corrected chi connectivity index (χ1v) is 6.93. The second-order valence-corrected chi connectivity index (χ2v) is 5.10. The third-order valence-corrected chi connectivity index (χ3v) is 3.43. The second-order valence-electron chi connectivity index (χ2n) is 4.25. The fourth-order valence-corrected chi connectivity index (χ4v) is 2.22. The van der Waals surface area contributed by atoms with Crippen LogP contribution in [0.5, 0.6) is 5.75 Å². The van der Waals surface area contributed by atoms with Crippen molar-refractivity contribution in [3.05, 3.63) is 51.9 Å². The van der Waals surface area contributed by atoms with Crippen LogP contribution in [0.2, 0.25) is 0 Å². The largest absolute Gasteiger partial charge is 0.490 e. The van der Waals surface area contributed by atoms with Crippen molar-refractivity contribution in [2.45, 2.75) is 6.92 Å². The van der Waals surface area contributed by atoms with Gasteiger partial charge in [-0.05, 0) is 52.7 Å². The number of aryl methyl sites for hydroxylation is 1. The highest BCUT2D eigenvalue weighted by Gasteiger charge is 2.16. The smallest absolute Gasteiger partial charge is 0.228 e. The van der Waals surface area contributed by atoms with Gasteiger partial charge in [0.1, 0.15) is 12.4 Å². The highest BCUT2D eigenvalue weighted by Crippen LogP contribution is 2.27. The lowest BCUT2D eigenvalue weighted by atomic mass is 10.1. The lowest BCUT2D eigenvalue weighted by Crippen LogP contribution is -2.06. The van der Waals surface area contributed by atoms with Crippen LogP contribution in [0.3, 0.4) is 0 Å². The highest BCUT2D eigenvalue weighted by molar-refractivity contribution is 9.10. The number of hydrogen-bond acceptors (Lipinski definition) is 4. The number of carbonyl (C=O) groups is 1. The molecule has 0 saturated heterocycles. The summed E-state index contributed by atoms with van der Waals surface area (Å²) in [4.78, 5) is 12.3. The number of rotatable bonds is 6. The maximum atomic E-state index is 12.3. The highest BCUT2D eigenvalue weighted by atomic mass is 79.9. The van der Waals surface area contributed by atoms with Crippen LogP contribution >= 0.6 is 15.9 Å². The van der Waals surface area contributed by atoms with E-state index < -0.39 is 0 Å². The quantitative estimate of drug-likeness (QED) is 0.596. The molecule has 2 aromatic rings. The Kier molecular flexibility index (Phi) is 4.98. The third kappa shape index (κ3) is 3.29. The van der Waals surface area contributed by atoms with Crippen molar-refractivity contribution in [1.82, 2.24) is 0 Å². The van der Waals surface area contributed by atoms with Gasteiger partial charge < -0.3 is 13.9 Å². The first-order chi connectivity index (χ1) is 9.63. The van der Waals surface area contributed by atoms with Gasteiger partial charge >= 0.3 is 0 Å². The zero-order valence-corrected chi connectivity index (χ0v) is 12.9. The number of halogens is 1. The van der Waals surface area contributed by atoms with Crippen molar-refractivity contribution >= 4 is 21.7 Å². The minimum atomic E-state index is -0.142. The van der Waals surface area contributed by atoms with Crippen LogP contribution in [-0.4, -0.2) is 26.1 Å². The monoisotopic (exact) mass is 338 g/mol. The van der Waals surface area contributed by atoms with Gasteiger partial charge in [0.2, 0.25) is 5.78 Å². The van der Waals surface area contributed by atoms with E-state index in [0.29, 0.717) is 30.3 Å². The van der Waals surface area contributed by atoms with Gasteiger partial charge in [-0.3, -0.25) is 4.79 Å². The van der Waals surface area contributed by atoms with E-state index in [1.165, 1.54) is 6.26 Å². The SMILES string of the molecule is COCCOc1ccc(C(=O)c2occc2C)cc1Br. The molecule has 1 aromatic heterocycles. The number of methoxy groups -OCH3 is 1. The Morgan fingerprint density at radius 3 is 2.70 bits per heavy atom. The third-order valence-electron chi connectivity index (χ3n) is 2.81. The van der Waals surface area contributed by atoms with Gasteiger partial charge in [0, 0.05) is 12.7 Å². The predicted molar refractivity (Wildman–Crippen MR) is 78.4 cm³/mol. The van der Waals surface area contributed by atoms with Crippen LogP contribution in [0, 0.1) is 6.92 Å². The Balaban J connectivity index is 2.16. The summed E-state index contributed by atoms with van der Waals surface area (Å²) < 4.78 is 16.4. The molecule has 4 nitrogen and oxygen atoms in total. The van der Waals surface area contributed by atoms with Crippen molar-refractivity contribution in [3.63, 3.8) is 0 Å². The van der Waals surface area contributed by atoms with Crippen LogP contribution in [0.25, 0.3) is 0 Å². The zero-order valence-electron chi connectivity index (χ0n) is 11.3. The van der Waals surface area contributed by atoms with E-state index in [4.69, 9.17) is 13.9 Å². The molecule has 106 valence electrons. The summed E-state index contributed by atoms with van der Waals surface area (Å²) in [6.07, 6.45) is 1.51. The van der Waals surface area contributed by atoms with Gasteiger partial charge in [0.25, 0.3) is 0 Å². The molecule has 0 saturated carbocycles. The van der Waals surface area contributed by atoms with E-state index in [2.05, 4.69) is 15.9 Å². The fourth-order valence-electron chi connectivity index (χ4n) is 1.73. The van der Waals surface area contributed by atoms with Crippen LogP contribution < -0.4 is 4.74 Å². The maximum Gasteiger partial charge on any atom is 0.228 e. The zero-order chi connectivity index (χ0) is 14.5. The normalized spacial score (nSPS) is 10.6. The molecule has 0 spiro atoms. The molecule has 2 rings (SSSR count). The molecule has 20 heavy (non-hydrogen) atoms. The van der Waals surface area contributed by atoms with Gasteiger partial charge in [-0.15, -0.1) is 0 Å². The van der Waals surface area contributed by atoms with Gasteiger partial charge in [0.15, 0.2) is 5.76 Å². The van der Waals surface area contributed by atoms with E-state index in [1.807, 2.05) is 6.92 Å². The van der Waals surface area contributed by atoms with Crippen LogP contribution in [0.15, 0.2) is 39.4 Å². The molecule has 0 aliphatic rings. The molecule has 0 unspecified atom stereocenters. The van der Waals surface area contributed by atoms with Crippen molar-refractivity contribution in [3.8, 4) is 5.75 Å². The molecule has 5 heteroatoms. The Labute approximate surface area is 125 Å². The van der Waals surface area contributed by atoms with E-state index >= 15 is 0 Å². The topological polar surface area (TPSA) is 48.7 Å². The molecule has 0 amide bonds. The van der Waals surface area contributed by atoms with E-state index in [9.17, 15) is 4.79 Å². The molecular weight excluding hydrogens is 324 g/mol. The molecule has 0 atom stereocenters. The number of ether oxygens (including phenoxy) is 2. The molecule has 1 heterocycles. The summed E-state index contributed by atoms with van der Waals surface area (Å²) in [5.41, 5.74) is 1.38. The van der Waals surface area contributed by atoms with Crippen molar-refractivity contribution in [1.29, 1.82) is 0 Å². The summed E-state index contributed by atoms with van der Waals surface area (Å²) in [5.74, 6) is 0.899. The molecular formula is C15H15BrO4. The van der Waals surface area contributed by atoms with Gasteiger partial charge in [-0.1, -0.05) is 0 Å². The molecule has 0 fully saturated rings. The van der Waals surface area contributed by atoms with Crippen LogP contribution in [0.4, 0.5) is 0 Å². The van der Waals surface area contributed by atoms with Crippen molar-refractivity contribution < 1.29 is 18.7 Å². The summed E-state index contributed by atoms with van der Waals surface area (Å²) in [6.45, 7) is 2.81. The Morgan fingerprint density at radius 1 is 1.30 bits per heavy atom. The van der Waals surface area contributed by atoms with Gasteiger partial charge in [-0.2, -0.15) is 0 Å². The number of ketones is 1. The minimum Gasteiger partial charge on any atom is -0.490 e. The number of carbonyl (C=O) groups excluding carboxylic acids is 1. The second kappa shape index (κ2) is 6.72. The maximum absolute atomic E-state index is 12.3. The average Bonchev–Trinajstić information content (AvgIpc) is 2.86. The molecule has 1 aromatic carbocycles. The number of hydrogen-bond donors (Lipinski definition) is 0. The average molecular weight is 339 g/mol. The summed E-state index contributed by atoms with van der Waals surface area (Å²) in [6, 6.07) is 6.97. The Hall–Kier alpha value is -1.59. The Bertz CT molecular complexity index is 604. The van der Waals surface area contributed by atoms with Crippen LogP contribution in [0.1, 0.15) is 21.7 Å². The number of benzene rings is 1. The molecule has 0 radical (unpaired) electrons. The molecule has 0 aliphatic carbocycles. The summed E-state index contributed by atoms with van der Waals surface area (Å²) >= 11 is 3.40. The molecule has 0 N–H and O–H groups in total. The summed E-state index contributed by atoms with van der Waals surface area (Å²) in [7, 11) is 1.62. The van der Waals surface area contributed by atoms with Crippen LogP contribution in [-0.2, 0) is 4.74 Å².